The summed E-state index contributed by atoms with van der Waals surface area (Å²) in [5, 5.41) is 4.60. The number of nitrogens with one attached hydrogen (secondary N) is 1. The standard InChI is InChI=1S/C37H32N2/c1-6-29-15-11-12-19-34(29)26(3)14-13-16-32-24-30(21-20-27(4)38-32)31-22-23-37-35(25-31)28(5)36(7-2)39(37)33-17-9-8-10-18-33/h6-25,38H,1-4H2,5H3/b14-13-,32-16-. The van der Waals surface area contributed by atoms with Crippen LogP contribution >= 0.6 is 0 Å². The van der Waals surface area contributed by atoms with Gasteiger partial charge in [-0.3, -0.25) is 0 Å². The van der Waals surface area contributed by atoms with Gasteiger partial charge in [-0.25, -0.2) is 0 Å². The zero-order chi connectivity index (χ0) is 27.4. The largest absolute Gasteiger partial charge is 0.356 e. The molecule has 5 rings (SSSR count). The van der Waals surface area contributed by atoms with E-state index in [9.17, 15) is 0 Å². The predicted molar refractivity (Wildman–Crippen MR) is 170 cm³/mol. The average Bonchev–Trinajstić information content (AvgIpc) is 3.11. The van der Waals surface area contributed by atoms with Crippen molar-refractivity contribution in [2.45, 2.75) is 6.92 Å². The number of aromatic nitrogens is 1. The Morgan fingerprint density at radius 2 is 1.67 bits per heavy atom. The van der Waals surface area contributed by atoms with Crippen LogP contribution in [0.5, 0.6) is 0 Å². The highest BCUT2D eigenvalue weighted by molar-refractivity contribution is 5.93. The lowest BCUT2D eigenvalue weighted by molar-refractivity contribution is 1.06. The van der Waals surface area contributed by atoms with Gasteiger partial charge >= 0.3 is 0 Å². The molecule has 1 aromatic heterocycles. The number of aryl methyl sites for hydroxylation is 1. The fourth-order valence-corrected chi connectivity index (χ4v) is 5.01. The molecule has 1 N–H and O–H groups in total. The molecule has 0 aliphatic carbocycles. The van der Waals surface area contributed by atoms with E-state index in [0.29, 0.717) is 0 Å². The summed E-state index contributed by atoms with van der Waals surface area (Å²) in [5.74, 6) is 0. The van der Waals surface area contributed by atoms with Crippen LogP contribution in [0.15, 0.2) is 147 Å². The molecular formula is C37H32N2. The summed E-state index contributed by atoms with van der Waals surface area (Å²) in [4.78, 5) is 0. The highest BCUT2D eigenvalue weighted by Crippen LogP contribution is 2.33. The molecule has 1 aliphatic heterocycles. The molecule has 0 saturated carbocycles. The second-order valence-electron chi connectivity index (χ2n) is 9.50. The first-order valence-electron chi connectivity index (χ1n) is 13.0. The lowest BCUT2D eigenvalue weighted by Gasteiger charge is -2.09. The minimum Gasteiger partial charge on any atom is -0.356 e. The van der Waals surface area contributed by atoms with E-state index >= 15 is 0 Å². The lowest BCUT2D eigenvalue weighted by atomic mass is 10.00. The SMILES string of the molecule is C=Cc1ccccc1C(=C)/C=C\C=C1\C=C(c2ccc3c(c2)c(C)c(C=C)n3-c2ccccc2)C=CC(=C)N1. The molecule has 0 spiro atoms. The minimum absolute atomic E-state index is 0.832. The van der Waals surface area contributed by atoms with Crippen molar-refractivity contribution in [1.29, 1.82) is 0 Å². The highest BCUT2D eigenvalue weighted by Gasteiger charge is 2.15. The molecule has 3 aromatic carbocycles. The summed E-state index contributed by atoms with van der Waals surface area (Å²) in [6, 6.07) is 25.2. The fraction of sp³-hybridized carbons (Fsp3) is 0.0270. The predicted octanol–water partition coefficient (Wildman–Crippen LogP) is 9.43. The quantitative estimate of drug-likeness (QED) is 0.248. The smallest absolute Gasteiger partial charge is 0.0537 e. The Morgan fingerprint density at radius 3 is 2.44 bits per heavy atom. The van der Waals surface area contributed by atoms with Crippen molar-refractivity contribution in [2.75, 3.05) is 0 Å². The molecule has 0 bridgehead atoms. The van der Waals surface area contributed by atoms with Crippen LogP contribution in [-0.2, 0) is 0 Å². The topological polar surface area (TPSA) is 17.0 Å². The van der Waals surface area contributed by atoms with E-state index in [-0.39, 0.29) is 0 Å². The number of para-hydroxylation sites is 1. The van der Waals surface area contributed by atoms with Crippen LogP contribution < -0.4 is 5.32 Å². The lowest BCUT2D eigenvalue weighted by Crippen LogP contribution is -2.07. The van der Waals surface area contributed by atoms with Crippen LogP contribution in [0.3, 0.4) is 0 Å². The van der Waals surface area contributed by atoms with Crippen molar-refractivity contribution in [2.24, 2.45) is 0 Å². The van der Waals surface area contributed by atoms with Crippen LogP contribution in [0, 0.1) is 6.92 Å². The zero-order valence-electron chi connectivity index (χ0n) is 22.3. The maximum absolute atomic E-state index is 4.25. The van der Waals surface area contributed by atoms with Gasteiger partial charge in [0.2, 0.25) is 0 Å². The van der Waals surface area contributed by atoms with Gasteiger partial charge in [-0.05, 0) is 88.9 Å². The Balaban J connectivity index is 1.51. The number of nitrogens with zero attached hydrogens (tertiary/aromatic N) is 1. The van der Waals surface area contributed by atoms with Crippen LogP contribution in [0.25, 0.3) is 39.9 Å². The van der Waals surface area contributed by atoms with Crippen molar-refractivity contribution >= 4 is 34.2 Å². The van der Waals surface area contributed by atoms with Gasteiger partial charge < -0.3 is 9.88 Å². The van der Waals surface area contributed by atoms with Crippen molar-refractivity contribution in [3.05, 3.63) is 175 Å². The molecule has 2 nitrogen and oxygen atoms in total. The fourth-order valence-electron chi connectivity index (χ4n) is 5.01. The second-order valence-corrected chi connectivity index (χ2v) is 9.50. The number of hydrogen-bond donors (Lipinski definition) is 1. The summed E-state index contributed by atoms with van der Waals surface area (Å²) in [7, 11) is 0. The van der Waals surface area contributed by atoms with Gasteiger partial charge in [0.25, 0.3) is 0 Å². The molecule has 0 amide bonds. The van der Waals surface area contributed by atoms with E-state index in [2.05, 4.69) is 104 Å². The molecule has 39 heavy (non-hydrogen) atoms. The molecule has 1 aliphatic rings. The number of benzene rings is 3. The van der Waals surface area contributed by atoms with Crippen LogP contribution in [0.4, 0.5) is 0 Å². The summed E-state index contributed by atoms with van der Waals surface area (Å²) in [5.41, 5.74) is 11.7. The van der Waals surface area contributed by atoms with E-state index < -0.39 is 0 Å². The van der Waals surface area contributed by atoms with Gasteiger partial charge in [0.1, 0.15) is 0 Å². The van der Waals surface area contributed by atoms with Crippen molar-refractivity contribution in [3.8, 4) is 5.69 Å². The summed E-state index contributed by atoms with van der Waals surface area (Å²) in [6.07, 6.45) is 16.1. The van der Waals surface area contributed by atoms with E-state index in [4.69, 9.17) is 0 Å². The van der Waals surface area contributed by atoms with Gasteiger partial charge in [0.05, 0.1) is 5.52 Å². The minimum atomic E-state index is 0.832. The van der Waals surface area contributed by atoms with Gasteiger partial charge in [0.15, 0.2) is 0 Å². The van der Waals surface area contributed by atoms with Crippen molar-refractivity contribution in [1.82, 2.24) is 9.88 Å². The third-order valence-electron chi connectivity index (χ3n) is 6.99. The number of fused-ring (bicyclic) bond motifs is 1. The first-order valence-corrected chi connectivity index (χ1v) is 13.0. The Hall–Kier alpha value is -5.08. The normalized spacial score (nSPS) is 14.3. The zero-order valence-corrected chi connectivity index (χ0v) is 22.3. The Bertz CT molecular complexity index is 1730. The molecular weight excluding hydrogens is 472 g/mol. The molecule has 0 saturated heterocycles. The first kappa shape index (κ1) is 25.6. The van der Waals surface area contributed by atoms with Gasteiger partial charge in [-0.2, -0.15) is 0 Å². The van der Waals surface area contributed by atoms with Gasteiger partial charge in [-0.1, -0.05) is 99.2 Å². The summed E-state index contributed by atoms with van der Waals surface area (Å²) >= 11 is 0. The molecule has 0 unspecified atom stereocenters. The molecule has 4 aromatic rings. The van der Waals surface area contributed by atoms with E-state index in [1.165, 1.54) is 10.9 Å². The summed E-state index contributed by atoms with van der Waals surface area (Å²) < 4.78 is 2.27. The molecule has 190 valence electrons. The van der Waals surface area contributed by atoms with Crippen LogP contribution in [-0.4, -0.2) is 4.57 Å². The molecule has 0 radical (unpaired) electrons. The maximum atomic E-state index is 4.25. The average molecular weight is 505 g/mol. The Labute approximate surface area is 231 Å². The monoisotopic (exact) mass is 504 g/mol. The van der Waals surface area contributed by atoms with E-state index in [1.807, 2.05) is 60.7 Å². The van der Waals surface area contributed by atoms with Crippen molar-refractivity contribution < 1.29 is 0 Å². The van der Waals surface area contributed by atoms with Gasteiger partial charge in [-0.15, -0.1) is 0 Å². The Kier molecular flexibility index (Phi) is 7.29. The number of allylic oxidation sites excluding steroid dienone is 8. The second kappa shape index (κ2) is 11.1. The first-order chi connectivity index (χ1) is 19.0. The molecule has 0 atom stereocenters. The molecule has 2 heterocycles. The van der Waals surface area contributed by atoms with E-state index in [1.54, 1.807) is 0 Å². The molecule has 0 fully saturated rings. The van der Waals surface area contributed by atoms with E-state index in [0.717, 1.165) is 56.1 Å². The van der Waals surface area contributed by atoms with Crippen LogP contribution in [0.2, 0.25) is 0 Å². The summed E-state index contributed by atoms with van der Waals surface area (Å²) in [6.45, 7) is 18.6. The number of hydrogen-bond acceptors (Lipinski definition) is 1. The molecule has 2 heteroatoms. The number of rotatable bonds is 7. The third kappa shape index (κ3) is 5.18. The van der Waals surface area contributed by atoms with Gasteiger partial charge in [0, 0.05) is 28.2 Å². The van der Waals surface area contributed by atoms with Crippen LogP contribution in [0.1, 0.15) is 27.9 Å². The Morgan fingerprint density at radius 1 is 0.897 bits per heavy atom. The highest BCUT2D eigenvalue weighted by atomic mass is 15.0. The third-order valence-corrected chi connectivity index (χ3v) is 6.99. The van der Waals surface area contributed by atoms with Crippen molar-refractivity contribution in [3.63, 3.8) is 0 Å². The maximum Gasteiger partial charge on any atom is 0.0537 e.